The molecule has 2 aliphatic carbocycles. The molecule has 0 spiro atoms. The van der Waals surface area contributed by atoms with Gasteiger partial charge in [-0.05, 0) is 61.4 Å². The number of ether oxygens (including phenoxy) is 2. The number of aromatic hydroxyl groups is 1. The van der Waals surface area contributed by atoms with Crippen LogP contribution in [0.2, 0.25) is 0 Å². The molecule has 4 rings (SSSR count). The summed E-state index contributed by atoms with van der Waals surface area (Å²) in [4.78, 5) is 3.95. The number of aryl methyl sites for hydroxylation is 2. The molecule has 7 nitrogen and oxygen atoms in total. The zero-order chi connectivity index (χ0) is 24.3. The Bertz CT molecular complexity index is 892. The third-order valence-electron chi connectivity index (χ3n) is 5.55. The molecule has 0 aromatic heterocycles. The molecule has 0 saturated heterocycles. The second-order valence-corrected chi connectivity index (χ2v) is 7.38. The monoisotopic (exact) mass is 698 g/mol. The predicted molar refractivity (Wildman–Crippen MR) is 135 cm³/mol. The summed E-state index contributed by atoms with van der Waals surface area (Å²) >= 11 is 0. The van der Waals surface area contributed by atoms with Gasteiger partial charge in [-0.15, -0.1) is 13.2 Å². The quantitative estimate of drug-likeness (QED) is 0.139. The summed E-state index contributed by atoms with van der Waals surface area (Å²) in [5.41, 5.74) is 9.12. The van der Waals surface area contributed by atoms with E-state index in [1.807, 2.05) is 12.1 Å². The Kier molecular flexibility index (Phi) is 17.6. The molecule has 2 atom stereocenters. The molecule has 2 unspecified atom stereocenters. The van der Waals surface area contributed by atoms with Crippen molar-refractivity contribution in [2.24, 2.45) is 17.6 Å². The number of fused-ring (bicyclic) bond motifs is 3. The molecule has 34 heavy (non-hydrogen) atoms. The summed E-state index contributed by atoms with van der Waals surface area (Å²) in [5.74, 6) is 2.64. The molecule has 2 aromatic rings. The maximum Gasteiger partial charge on any atom is 0.201 e. The van der Waals surface area contributed by atoms with Crippen LogP contribution in [0.5, 0.6) is 17.2 Å². The Labute approximate surface area is 227 Å². The number of rotatable bonds is 4. The second kappa shape index (κ2) is 17.5. The summed E-state index contributed by atoms with van der Waals surface area (Å²) in [7, 11) is 4.65. The van der Waals surface area contributed by atoms with Gasteiger partial charge in [-0.1, -0.05) is 37.8 Å². The molecule has 0 aliphatic heterocycles. The van der Waals surface area contributed by atoms with E-state index in [1.165, 1.54) is 18.2 Å². The zero-order valence-corrected chi connectivity index (χ0v) is 25.1. The number of hydrogen-bond acceptors (Lipinski definition) is 7. The molecule has 1 saturated carbocycles. The Morgan fingerprint density at radius 2 is 1.62 bits per heavy atom. The average Bonchev–Trinajstić information content (AvgIpc) is 3.61. The Morgan fingerprint density at radius 1 is 1.06 bits per heavy atom. The van der Waals surface area contributed by atoms with Crippen LogP contribution < -0.4 is 21.4 Å². The molecule has 7 N–H and O–H groups in total. The Balaban J connectivity index is 0. The third-order valence-corrected chi connectivity index (χ3v) is 5.55. The van der Waals surface area contributed by atoms with Gasteiger partial charge in [0.1, 0.15) is 5.76 Å². The van der Waals surface area contributed by atoms with E-state index in [2.05, 4.69) is 55.5 Å². The molecule has 2 aliphatic rings. The van der Waals surface area contributed by atoms with Crippen LogP contribution in [0.15, 0.2) is 55.8 Å². The van der Waals surface area contributed by atoms with Crippen molar-refractivity contribution in [3.63, 3.8) is 0 Å². The minimum atomic E-state index is 0. The van der Waals surface area contributed by atoms with Crippen molar-refractivity contribution >= 4 is 0 Å². The molecular formula is C26H40N2O5U. The van der Waals surface area contributed by atoms with E-state index in [0.29, 0.717) is 29.1 Å². The number of phenols is 1. The average molecular weight is 699 g/mol. The largest absolute Gasteiger partial charge is 0.502 e. The van der Waals surface area contributed by atoms with Gasteiger partial charge in [0.25, 0.3) is 0 Å². The van der Waals surface area contributed by atoms with Crippen molar-refractivity contribution in [3.8, 4) is 28.4 Å². The van der Waals surface area contributed by atoms with Gasteiger partial charge in [0, 0.05) is 42.6 Å². The first-order chi connectivity index (χ1) is 15.5. The molecule has 0 heterocycles. The number of benzene rings is 2. The van der Waals surface area contributed by atoms with E-state index in [0.717, 1.165) is 36.8 Å². The zero-order valence-electron chi connectivity index (χ0n) is 20.9. The van der Waals surface area contributed by atoms with E-state index in [9.17, 15) is 5.11 Å². The number of allylic oxidation sites excluding steroid dienone is 1. The summed E-state index contributed by atoms with van der Waals surface area (Å²) < 4.78 is 10.7. The van der Waals surface area contributed by atoms with Crippen LogP contribution in [0.1, 0.15) is 30.9 Å². The number of hydrogen-bond donors (Lipinski definition) is 4. The van der Waals surface area contributed by atoms with E-state index < -0.39 is 0 Å². The normalized spacial score (nSPS) is 16.1. The fourth-order valence-corrected chi connectivity index (χ4v) is 3.81. The molecule has 0 amide bonds. The maximum atomic E-state index is 10.3. The van der Waals surface area contributed by atoms with Crippen LogP contribution in [0.3, 0.4) is 0 Å². The van der Waals surface area contributed by atoms with Gasteiger partial charge in [0.15, 0.2) is 11.5 Å². The predicted octanol–water partition coefficient (Wildman–Crippen LogP) is 5.75. The first-order valence-corrected chi connectivity index (χ1v) is 10.6. The van der Waals surface area contributed by atoms with Crippen LogP contribution in [-0.2, 0) is 17.7 Å². The fourth-order valence-electron chi connectivity index (χ4n) is 3.81. The van der Waals surface area contributed by atoms with Gasteiger partial charge in [0.2, 0.25) is 5.75 Å². The van der Waals surface area contributed by atoms with Gasteiger partial charge < -0.3 is 31.4 Å². The van der Waals surface area contributed by atoms with Crippen molar-refractivity contribution in [1.82, 2.24) is 6.15 Å². The van der Waals surface area contributed by atoms with Crippen LogP contribution >= 0.6 is 0 Å². The van der Waals surface area contributed by atoms with Crippen molar-refractivity contribution in [1.29, 1.82) is 0 Å². The summed E-state index contributed by atoms with van der Waals surface area (Å²) in [6.07, 6.45) is 4.19. The van der Waals surface area contributed by atoms with Crippen LogP contribution in [0, 0.1) is 42.9 Å². The van der Waals surface area contributed by atoms with Crippen molar-refractivity contribution in [3.05, 3.63) is 67.0 Å². The van der Waals surface area contributed by atoms with Gasteiger partial charge in [-0.2, -0.15) is 0 Å². The molecule has 8 heteroatoms. The first kappa shape index (κ1) is 34.2. The summed E-state index contributed by atoms with van der Waals surface area (Å²) in [6, 6.07) is 10.2. The third kappa shape index (κ3) is 8.37. The summed E-state index contributed by atoms with van der Waals surface area (Å²) in [6.45, 7) is 11.6. The molecule has 0 bridgehead atoms. The minimum absolute atomic E-state index is 0. The Morgan fingerprint density at radius 3 is 2.09 bits per heavy atom. The Hall–Kier alpha value is -1.95. The number of phenolic OH excluding ortho intramolecular Hbond substituents is 1. The summed E-state index contributed by atoms with van der Waals surface area (Å²) in [5, 5.41) is 18.4. The smallest absolute Gasteiger partial charge is 0.201 e. The van der Waals surface area contributed by atoms with E-state index >= 15 is 0 Å². The van der Waals surface area contributed by atoms with E-state index in [1.54, 1.807) is 14.2 Å². The first-order valence-electron chi connectivity index (χ1n) is 10.6. The standard InChI is InChI=1S/C17H18O3.C6H10O2.C2H4.CH5N.H3N.U/c1-19-14-10-12-8-5-7-11-6-3-4-9-13(11)15(12)17(20-2)16(14)18;1-4-3-6(4)5(2)8-7;2*1-2;;/h3-4,6,9-10,18H,5,7-8H2,1-2H3;4,6-7H,2-3H2,1H3;1-2H2;2H2,1H3;1H3;. The number of methoxy groups -OCH3 is 2. The molecule has 1 fully saturated rings. The van der Waals surface area contributed by atoms with Crippen molar-refractivity contribution < 1.29 is 55.8 Å². The minimum Gasteiger partial charge on any atom is -0.502 e. The maximum absolute atomic E-state index is 10.3. The van der Waals surface area contributed by atoms with E-state index in [-0.39, 0.29) is 43.0 Å². The van der Waals surface area contributed by atoms with E-state index in [4.69, 9.17) is 14.7 Å². The number of nitrogens with two attached hydrogens (primary N) is 1. The van der Waals surface area contributed by atoms with Gasteiger partial charge in [0.05, 0.1) is 14.2 Å². The SMILES string of the molecule is C=C.C=C(OO)C1CC1C.CN.COc1cc2c(c(OC)c1O)-c1ccccc1CCC2.N.[U]. The second-order valence-electron chi connectivity index (χ2n) is 7.38. The molecular weight excluding hydrogens is 658 g/mol. The van der Waals surface area contributed by atoms with Crippen LogP contribution in [0.25, 0.3) is 11.1 Å². The van der Waals surface area contributed by atoms with Gasteiger partial charge >= 0.3 is 0 Å². The van der Waals surface area contributed by atoms with Gasteiger partial charge in [-0.25, -0.2) is 5.26 Å². The van der Waals surface area contributed by atoms with Gasteiger partial charge in [-0.3, -0.25) is 0 Å². The van der Waals surface area contributed by atoms with Crippen LogP contribution in [0.4, 0.5) is 0 Å². The fraction of sp³-hybridized carbons (Fsp3) is 0.385. The topological polar surface area (TPSA) is 129 Å². The molecule has 188 valence electrons. The molecule has 0 radical (unpaired) electrons. The van der Waals surface area contributed by atoms with Crippen LogP contribution in [-0.4, -0.2) is 31.6 Å². The van der Waals surface area contributed by atoms with Crippen molar-refractivity contribution in [2.75, 3.05) is 21.3 Å². The molecule has 2 aromatic carbocycles. The van der Waals surface area contributed by atoms with Crippen molar-refractivity contribution in [2.45, 2.75) is 32.6 Å².